The van der Waals surface area contributed by atoms with E-state index in [-0.39, 0.29) is 17.3 Å². The molecule has 1 aromatic carbocycles. The Hall–Kier alpha value is -2.05. The van der Waals surface area contributed by atoms with Crippen molar-refractivity contribution in [3.05, 3.63) is 40.6 Å². The van der Waals surface area contributed by atoms with E-state index in [0.717, 1.165) is 34.5 Å². The van der Waals surface area contributed by atoms with Crippen LogP contribution in [0.25, 0.3) is 0 Å². The summed E-state index contributed by atoms with van der Waals surface area (Å²) >= 11 is 0. The molecule has 1 heterocycles. The largest absolute Gasteiger partial charge is 0.623 e. The van der Waals surface area contributed by atoms with Crippen molar-refractivity contribution < 1.29 is 27.9 Å². The van der Waals surface area contributed by atoms with Gasteiger partial charge in [0.25, 0.3) is 18.0 Å². The number of hydroxylamine groups is 2. The fourth-order valence-corrected chi connectivity index (χ4v) is 3.19. The second kappa shape index (κ2) is 5.30. The van der Waals surface area contributed by atoms with E-state index in [1.54, 1.807) is 0 Å². The molecule has 4 nitrogen and oxygen atoms in total. The van der Waals surface area contributed by atoms with Gasteiger partial charge >= 0.3 is 6.18 Å². The summed E-state index contributed by atoms with van der Waals surface area (Å²) in [6.07, 6.45) is -0.101. The Morgan fingerprint density at radius 3 is 2.50 bits per heavy atom. The lowest BCUT2D eigenvalue weighted by Gasteiger charge is -2.28. The Labute approximate surface area is 125 Å². The average molecular weight is 313 g/mol. The van der Waals surface area contributed by atoms with Crippen LogP contribution in [0.3, 0.4) is 0 Å². The summed E-state index contributed by atoms with van der Waals surface area (Å²) in [6, 6.07) is 3.90. The summed E-state index contributed by atoms with van der Waals surface area (Å²) in [5.41, 5.74) is -0.584. The van der Waals surface area contributed by atoms with Crippen LogP contribution in [0.5, 0.6) is 0 Å². The van der Waals surface area contributed by atoms with Gasteiger partial charge in [0.1, 0.15) is 0 Å². The van der Waals surface area contributed by atoms with Gasteiger partial charge in [-0.25, -0.2) is 0 Å². The van der Waals surface area contributed by atoms with E-state index in [2.05, 4.69) is 0 Å². The molecule has 3 rings (SSSR count). The predicted octanol–water partition coefficient (Wildman–Crippen LogP) is 2.80. The summed E-state index contributed by atoms with van der Waals surface area (Å²) < 4.78 is 40.2. The lowest BCUT2D eigenvalue weighted by atomic mass is 9.89. The van der Waals surface area contributed by atoms with Gasteiger partial charge in [0.05, 0.1) is 11.1 Å². The van der Waals surface area contributed by atoms with E-state index in [9.17, 15) is 23.6 Å². The summed E-state index contributed by atoms with van der Waals surface area (Å²) in [7, 11) is 0. The van der Waals surface area contributed by atoms with Crippen LogP contribution in [0.2, 0.25) is 0 Å². The van der Waals surface area contributed by atoms with E-state index >= 15 is 0 Å². The molecule has 2 atom stereocenters. The van der Waals surface area contributed by atoms with E-state index < -0.39 is 17.8 Å². The van der Waals surface area contributed by atoms with Gasteiger partial charge in [0.2, 0.25) is 6.04 Å². The number of hydrogen-bond donors (Lipinski definition) is 1. The molecule has 118 valence electrons. The van der Waals surface area contributed by atoms with Crippen LogP contribution in [0.1, 0.15) is 36.8 Å². The van der Waals surface area contributed by atoms with Gasteiger partial charge in [-0.05, 0) is 35.8 Å². The first-order chi connectivity index (χ1) is 10.4. The highest BCUT2D eigenvalue weighted by molar-refractivity contribution is 6.34. The third-order valence-corrected chi connectivity index (χ3v) is 4.31. The highest BCUT2D eigenvalue weighted by Crippen LogP contribution is 2.30. The van der Waals surface area contributed by atoms with E-state index in [0.29, 0.717) is 12.8 Å². The summed E-state index contributed by atoms with van der Waals surface area (Å²) in [4.78, 5) is 0. The molecule has 1 fully saturated rings. The van der Waals surface area contributed by atoms with Gasteiger partial charge in [-0.3, -0.25) is 5.21 Å². The van der Waals surface area contributed by atoms with Crippen molar-refractivity contribution in [3.8, 4) is 0 Å². The second-order valence-corrected chi connectivity index (χ2v) is 5.72. The van der Waals surface area contributed by atoms with Crippen LogP contribution in [0.4, 0.5) is 13.2 Å². The first-order valence-electron chi connectivity index (χ1n) is 7.21. The number of fused-ring (bicyclic) bond motifs is 1. The number of nitrogens with zero attached hydrogens (tertiary/aromatic N) is 2. The fourth-order valence-electron chi connectivity index (χ4n) is 3.19. The maximum absolute atomic E-state index is 12.8. The van der Waals surface area contributed by atoms with Crippen LogP contribution in [0, 0.1) is 5.21 Å². The molecular weight excluding hydrogens is 297 g/mol. The monoisotopic (exact) mass is 313 g/mol. The molecule has 1 aromatic rings. The molecule has 1 aliphatic carbocycles. The van der Waals surface area contributed by atoms with Gasteiger partial charge in [0.15, 0.2) is 0 Å². The quantitative estimate of drug-likeness (QED) is 0.492. The number of rotatable bonds is 1. The topological polar surface area (TPSA) is 49.3 Å². The number of hydrogen-bond acceptors (Lipinski definition) is 2. The van der Waals surface area contributed by atoms with Crippen molar-refractivity contribution in [2.45, 2.75) is 43.9 Å². The summed E-state index contributed by atoms with van der Waals surface area (Å²) in [5, 5.41) is 22.5. The first kappa shape index (κ1) is 14.9. The molecular formula is C15H16F3N2O2+. The highest BCUT2D eigenvalue weighted by atomic mass is 19.4. The Kier molecular flexibility index (Phi) is 3.58. The average Bonchev–Trinajstić information content (AvgIpc) is 2.50. The van der Waals surface area contributed by atoms with Crippen molar-refractivity contribution in [2.75, 3.05) is 0 Å². The summed E-state index contributed by atoms with van der Waals surface area (Å²) in [6.45, 7) is 0. The molecule has 0 unspecified atom stereocenters. The SMILES string of the molecule is [O-][N+]1=C(c2cccc(C(F)(F)F)c2)C=[N+](O)[C@@H]2CCCC[C@@H]21. The van der Waals surface area contributed by atoms with Gasteiger partial charge in [-0.1, -0.05) is 6.07 Å². The normalized spacial score (nSPS) is 25.7. The van der Waals surface area contributed by atoms with Gasteiger partial charge in [0, 0.05) is 12.8 Å². The van der Waals surface area contributed by atoms with Crippen LogP contribution in [-0.2, 0) is 6.18 Å². The van der Waals surface area contributed by atoms with Crippen LogP contribution in [0.15, 0.2) is 24.3 Å². The smallest absolute Gasteiger partial charge is 0.416 e. The molecule has 0 bridgehead atoms. The second-order valence-electron chi connectivity index (χ2n) is 5.72. The molecule has 1 saturated carbocycles. The maximum Gasteiger partial charge on any atom is 0.416 e. The minimum atomic E-state index is -4.47. The van der Waals surface area contributed by atoms with Crippen molar-refractivity contribution in [1.82, 2.24) is 0 Å². The van der Waals surface area contributed by atoms with Crippen LogP contribution in [-0.4, -0.2) is 38.7 Å². The minimum absolute atomic E-state index is 0.0664. The lowest BCUT2D eigenvalue weighted by molar-refractivity contribution is -0.819. The summed E-state index contributed by atoms with van der Waals surface area (Å²) in [5.74, 6) is 0. The zero-order valence-electron chi connectivity index (χ0n) is 11.8. The number of benzene rings is 1. The molecule has 2 aliphatic rings. The van der Waals surface area contributed by atoms with Crippen LogP contribution < -0.4 is 0 Å². The molecule has 22 heavy (non-hydrogen) atoms. The fraction of sp³-hybridized carbons (Fsp3) is 0.467. The highest BCUT2D eigenvalue weighted by Gasteiger charge is 2.45. The van der Waals surface area contributed by atoms with E-state index in [1.165, 1.54) is 18.3 Å². The molecule has 7 heteroatoms. The molecule has 1 aliphatic heterocycles. The number of alkyl halides is 3. The van der Waals surface area contributed by atoms with Crippen LogP contribution >= 0.6 is 0 Å². The Bertz CT molecular complexity index is 652. The molecule has 0 aromatic heterocycles. The first-order valence-corrected chi connectivity index (χ1v) is 7.21. The van der Waals surface area contributed by atoms with E-state index in [4.69, 9.17) is 0 Å². The predicted molar refractivity (Wildman–Crippen MR) is 73.3 cm³/mol. The van der Waals surface area contributed by atoms with Gasteiger partial charge in [-0.2, -0.15) is 17.9 Å². The molecule has 0 amide bonds. The molecule has 0 radical (unpaired) electrons. The third-order valence-electron chi connectivity index (χ3n) is 4.31. The molecule has 1 N–H and O–H groups in total. The molecule has 0 spiro atoms. The zero-order valence-corrected chi connectivity index (χ0v) is 11.8. The third kappa shape index (κ3) is 2.55. The molecule has 0 saturated heterocycles. The Balaban J connectivity index is 2.04. The van der Waals surface area contributed by atoms with Gasteiger partial charge in [-0.15, -0.1) is 0 Å². The minimum Gasteiger partial charge on any atom is -0.623 e. The standard InChI is InChI=1S/C15H16F3N2O2/c16-15(17,18)11-5-3-4-10(8-11)14-9-19(21)12-6-1-2-7-13(12)20(14)22/h3-5,8-9,12-13,21H,1-2,6-7H2/q+1/t12-,13+/m1/s1. The Morgan fingerprint density at radius 2 is 1.82 bits per heavy atom. The zero-order chi connectivity index (χ0) is 15.9. The van der Waals surface area contributed by atoms with E-state index in [1.807, 2.05) is 0 Å². The number of halogens is 3. The van der Waals surface area contributed by atoms with Gasteiger partial charge < -0.3 is 5.21 Å². The Morgan fingerprint density at radius 1 is 1.14 bits per heavy atom. The maximum atomic E-state index is 12.8. The van der Waals surface area contributed by atoms with Crippen molar-refractivity contribution in [3.63, 3.8) is 0 Å². The van der Waals surface area contributed by atoms with Crippen molar-refractivity contribution >= 4 is 11.9 Å². The van der Waals surface area contributed by atoms with Crippen molar-refractivity contribution in [2.24, 2.45) is 0 Å². The van der Waals surface area contributed by atoms with Crippen molar-refractivity contribution in [1.29, 1.82) is 0 Å². The lowest BCUT2D eigenvalue weighted by Crippen LogP contribution is -2.51.